The summed E-state index contributed by atoms with van der Waals surface area (Å²) in [5, 5.41) is 15.7. The highest BCUT2D eigenvalue weighted by atomic mass is 16.5. The number of piperidine rings is 1. The quantitative estimate of drug-likeness (QED) is 0.351. The fraction of sp³-hybridized carbons (Fsp3) is 0.522. The second-order valence-corrected chi connectivity index (χ2v) is 8.65. The average Bonchev–Trinajstić information content (AvgIpc) is 2.72. The zero-order valence-corrected chi connectivity index (χ0v) is 17.7. The molecule has 8 heteroatoms. The number of aliphatic imine (C=N–C) groups is 1. The standard InChI is InChI=1S/C23H31N7O/c1-27-23(30-22(26)10-18(25)15-12-31-13-15)11-19-16(5-3-7-28-19)14-8-20-17(4-2-6-24)21(9-14)29-20/h3,5,7,10-11,14-15,17,20-22,29-30H,1-2,4,8-9,12-13,25-26H2/b18-10-,23-11+. The van der Waals surface area contributed by atoms with Crippen molar-refractivity contribution in [1.82, 2.24) is 15.6 Å². The Morgan fingerprint density at radius 2 is 2.23 bits per heavy atom. The number of aromatic nitrogens is 1. The topological polar surface area (TPSA) is 134 Å². The number of pyridine rings is 1. The van der Waals surface area contributed by atoms with Gasteiger partial charge in [-0.1, -0.05) is 6.07 Å². The molecule has 0 radical (unpaired) electrons. The lowest BCUT2D eigenvalue weighted by Crippen LogP contribution is -2.65. The van der Waals surface area contributed by atoms with Gasteiger partial charge in [0, 0.05) is 42.4 Å². The van der Waals surface area contributed by atoms with Crippen LogP contribution >= 0.6 is 0 Å². The Morgan fingerprint density at radius 3 is 2.87 bits per heavy atom. The lowest BCUT2D eigenvalue weighted by Gasteiger charge is -2.54. The molecule has 1 aromatic heterocycles. The van der Waals surface area contributed by atoms with Crippen LogP contribution in [0.3, 0.4) is 0 Å². The molecule has 5 rings (SSSR count). The van der Waals surface area contributed by atoms with Gasteiger partial charge in [0.05, 0.1) is 31.1 Å². The van der Waals surface area contributed by atoms with Crippen LogP contribution in [0.2, 0.25) is 0 Å². The Hall–Kier alpha value is -2.73. The van der Waals surface area contributed by atoms with E-state index in [1.54, 1.807) is 12.3 Å². The lowest BCUT2D eigenvalue weighted by molar-refractivity contribution is -0.0141. The summed E-state index contributed by atoms with van der Waals surface area (Å²) in [7, 11) is 0. The van der Waals surface area contributed by atoms with Crippen molar-refractivity contribution in [1.29, 1.82) is 5.26 Å². The van der Waals surface area contributed by atoms with Gasteiger partial charge in [-0.25, -0.2) is 4.99 Å². The Morgan fingerprint density at radius 1 is 1.45 bits per heavy atom. The van der Waals surface area contributed by atoms with E-state index in [4.69, 9.17) is 21.5 Å². The Balaban J connectivity index is 1.44. The maximum atomic E-state index is 8.89. The maximum Gasteiger partial charge on any atom is 0.128 e. The van der Waals surface area contributed by atoms with Crippen LogP contribution in [0.1, 0.15) is 42.9 Å². The van der Waals surface area contributed by atoms with Crippen molar-refractivity contribution in [3.05, 3.63) is 47.2 Å². The molecular weight excluding hydrogens is 390 g/mol. The van der Waals surface area contributed by atoms with Crippen LogP contribution < -0.4 is 22.1 Å². The molecule has 0 amide bonds. The van der Waals surface area contributed by atoms with E-state index in [0.29, 0.717) is 49.4 Å². The molecule has 0 aromatic carbocycles. The van der Waals surface area contributed by atoms with E-state index in [1.807, 2.05) is 12.1 Å². The van der Waals surface area contributed by atoms with Crippen LogP contribution in [0.25, 0.3) is 6.08 Å². The first-order valence-electron chi connectivity index (χ1n) is 10.9. The van der Waals surface area contributed by atoms with E-state index in [9.17, 15) is 0 Å². The molecule has 3 atom stereocenters. The minimum atomic E-state index is -0.475. The Bertz CT molecular complexity index is 889. The molecule has 3 unspecified atom stereocenters. The molecule has 3 saturated heterocycles. The highest BCUT2D eigenvalue weighted by Crippen LogP contribution is 2.45. The van der Waals surface area contributed by atoms with Crippen LogP contribution in [0.5, 0.6) is 0 Å². The van der Waals surface area contributed by atoms with Crippen LogP contribution in [0.15, 0.2) is 40.9 Å². The maximum absolute atomic E-state index is 8.89. The number of hydrogen-bond donors (Lipinski definition) is 4. The van der Waals surface area contributed by atoms with E-state index in [2.05, 4.69) is 39.5 Å². The van der Waals surface area contributed by atoms with Gasteiger partial charge in [-0.2, -0.15) is 5.26 Å². The molecule has 2 bridgehead atoms. The lowest BCUT2D eigenvalue weighted by atomic mass is 9.65. The smallest absolute Gasteiger partial charge is 0.128 e. The normalized spacial score (nSPS) is 29.3. The average molecular weight is 422 g/mol. The van der Waals surface area contributed by atoms with E-state index in [1.165, 1.54) is 5.56 Å². The number of nitrogens with one attached hydrogen (secondary N) is 2. The van der Waals surface area contributed by atoms with Crippen LogP contribution in [0.4, 0.5) is 0 Å². The van der Waals surface area contributed by atoms with Gasteiger partial charge in [-0.3, -0.25) is 4.98 Å². The summed E-state index contributed by atoms with van der Waals surface area (Å²) in [5.74, 6) is 1.86. The summed E-state index contributed by atoms with van der Waals surface area (Å²) in [5.41, 5.74) is 15.1. The van der Waals surface area contributed by atoms with Crippen molar-refractivity contribution in [2.24, 2.45) is 28.3 Å². The minimum absolute atomic E-state index is 0.239. The fourth-order valence-corrected chi connectivity index (χ4v) is 4.91. The van der Waals surface area contributed by atoms with Crippen LogP contribution in [0, 0.1) is 23.2 Å². The highest BCUT2D eigenvalue weighted by molar-refractivity contribution is 5.55. The summed E-state index contributed by atoms with van der Waals surface area (Å²) in [4.78, 5) is 8.71. The zero-order chi connectivity index (χ0) is 21.8. The monoisotopic (exact) mass is 421 g/mol. The van der Waals surface area contributed by atoms with Gasteiger partial charge in [-0.15, -0.1) is 0 Å². The van der Waals surface area contributed by atoms with Gasteiger partial charge in [0.25, 0.3) is 0 Å². The molecule has 8 nitrogen and oxygen atoms in total. The first-order chi connectivity index (χ1) is 15.1. The molecular formula is C23H31N7O. The van der Waals surface area contributed by atoms with Crippen molar-refractivity contribution < 1.29 is 4.74 Å². The third-order valence-electron chi connectivity index (χ3n) is 6.68. The molecule has 1 saturated carbocycles. The largest absolute Gasteiger partial charge is 0.402 e. The summed E-state index contributed by atoms with van der Waals surface area (Å²) in [6.07, 6.45) is 8.77. The summed E-state index contributed by atoms with van der Waals surface area (Å²) >= 11 is 0. The molecule has 0 spiro atoms. The van der Waals surface area contributed by atoms with Crippen molar-refractivity contribution >= 4 is 12.8 Å². The van der Waals surface area contributed by atoms with Gasteiger partial charge >= 0.3 is 0 Å². The molecule has 6 N–H and O–H groups in total. The molecule has 4 aliphatic rings. The predicted molar refractivity (Wildman–Crippen MR) is 120 cm³/mol. The second kappa shape index (κ2) is 9.60. The first kappa shape index (κ1) is 21.5. The third kappa shape index (κ3) is 4.79. The number of fused-ring (bicyclic) bond motifs is 2. The molecule has 31 heavy (non-hydrogen) atoms. The number of nitrogens with two attached hydrogens (primary N) is 2. The summed E-state index contributed by atoms with van der Waals surface area (Å²) < 4.78 is 5.18. The van der Waals surface area contributed by atoms with Gasteiger partial charge < -0.3 is 26.8 Å². The Labute approximate surface area is 183 Å². The highest BCUT2D eigenvalue weighted by Gasteiger charge is 2.46. The van der Waals surface area contributed by atoms with Gasteiger partial charge in [0.15, 0.2) is 0 Å². The molecule has 4 heterocycles. The minimum Gasteiger partial charge on any atom is -0.402 e. The zero-order valence-electron chi connectivity index (χ0n) is 17.7. The molecule has 4 fully saturated rings. The Kier molecular flexibility index (Phi) is 6.66. The predicted octanol–water partition coefficient (Wildman–Crippen LogP) is 1.58. The van der Waals surface area contributed by atoms with E-state index in [-0.39, 0.29) is 5.92 Å². The van der Waals surface area contributed by atoms with E-state index < -0.39 is 6.17 Å². The number of nitriles is 1. The molecule has 3 aliphatic heterocycles. The third-order valence-corrected chi connectivity index (χ3v) is 6.68. The van der Waals surface area contributed by atoms with Crippen molar-refractivity contribution in [2.45, 2.75) is 49.9 Å². The summed E-state index contributed by atoms with van der Waals surface area (Å²) in [6, 6.07) is 7.38. The van der Waals surface area contributed by atoms with Crippen LogP contribution in [-0.2, 0) is 4.74 Å². The van der Waals surface area contributed by atoms with Gasteiger partial charge in [0.1, 0.15) is 5.82 Å². The van der Waals surface area contributed by atoms with Crippen molar-refractivity contribution in [2.75, 3.05) is 13.2 Å². The number of rotatable bonds is 9. The fourth-order valence-electron chi connectivity index (χ4n) is 4.91. The molecule has 1 aliphatic carbocycles. The second-order valence-electron chi connectivity index (χ2n) is 8.65. The van der Waals surface area contributed by atoms with E-state index in [0.717, 1.165) is 30.7 Å². The molecule has 1 aromatic rings. The molecule has 164 valence electrons. The van der Waals surface area contributed by atoms with Crippen LogP contribution in [-0.4, -0.2) is 43.2 Å². The number of ether oxygens (including phenoxy) is 1. The first-order valence-corrected chi connectivity index (χ1v) is 10.9. The van der Waals surface area contributed by atoms with Gasteiger partial charge in [-0.05, 0) is 55.5 Å². The van der Waals surface area contributed by atoms with E-state index >= 15 is 0 Å². The van der Waals surface area contributed by atoms with Gasteiger partial charge in [0.2, 0.25) is 0 Å². The number of hydrogen-bond acceptors (Lipinski definition) is 8. The van der Waals surface area contributed by atoms with Crippen molar-refractivity contribution in [3.63, 3.8) is 0 Å². The SMILES string of the molecule is C=N/C(=C\c1ncccc1C1CC2NC(C1)C2CCC#N)NC(N)/C=C(\N)C1COC1. The number of nitrogens with zero attached hydrogens (tertiary/aromatic N) is 3. The van der Waals surface area contributed by atoms with Crippen molar-refractivity contribution in [3.8, 4) is 6.07 Å². The summed E-state index contributed by atoms with van der Waals surface area (Å²) in [6.45, 7) is 4.97.